The van der Waals surface area contributed by atoms with Crippen LogP contribution in [0.4, 0.5) is 0 Å². The summed E-state index contributed by atoms with van der Waals surface area (Å²) in [6.45, 7) is 1.28. The molecule has 4 nitrogen and oxygen atoms in total. The third-order valence-corrected chi connectivity index (χ3v) is 4.50. The lowest BCUT2D eigenvalue weighted by molar-refractivity contribution is -0.0368. The Labute approximate surface area is 131 Å². The van der Waals surface area contributed by atoms with Crippen LogP contribution < -0.4 is 0 Å². The van der Waals surface area contributed by atoms with Crippen molar-refractivity contribution in [2.75, 3.05) is 13.7 Å². The third-order valence-electron chi connectivity index (χ3n) is 3.56. The van der Waals surface area contributed by atoms with Crippen LogP contribution in [0.5, 0.6) is 0 Å². The van der Waals surface area contributed by atoms with Crippen molar-refractivity contribution in [3.05, 3.63) is 27.3 Å². The monoisotopic (exact) mass is 358 g/mol. The average molecular weight is 360 g/mol. The van der Waals surface area contributed by atoms with Gasteiger partial charge in [-0.2, -0.15) is 5.10 Å². The largest absolute Gasteiger partial charge is 0.380 e. The van der Waals surface area contributed by atoms with E-state index in [1.165, 1.54) is 6.42 Å². The van der Waals surface area contributed by atoms with Crippen LogP contribution in [-0.2, 0) is 16.1 Å². The summed E-state index contributed by atoms with van der Waals surface area (Å²) < 4.78 is 13.7. The Morgan fingerprint density at radius 3 is 3.05 bits per heavy atom. The highest BCUT2D eigenvalue weighted by atomic mass is 79.9. The van der Waals surface area contributed by atoms with Crippen molar-refractivity contribution >= 4 is 38.4 Å². The van der Waals surface area contributed by atoms with E-state index in [1.54, 1.807) is 7.11 Å². The van der Waals surface area contributed by atoms with Crippen molar-refractivity contribution < 1.29 is 9.47 Å². The number of rotatable bonds is 3. The minimum Gasteiger partial charge on any atom is -0.380 e. The van der Waals surface area contributed by atoms with E-state index in [9.17, 15) is 0 Å². The van der Waals surface area contributed by atoms with Crippen LogP contribution in [0.1, 0.15) is 31.1 Å². The van der Waals surface area contributed by atoms with Crippen LogP contribution in [-0.4, -0.2) is 23.5 Å². The molecule has 108 valence electrons. The zero-order valence-corrected chi connectivity index (χ0v) is 13.6. The van der Waals surface area contributed by atoms with Gasteiger partial charge in [-0.15, -0.1) is 0 Å². The molecule has 3 rings (SSSR count). The second-order valence-electron chi connectivity index (χ2n) is 4.95. The van der Waals surface area contributed by atoms with Gasteiger partial charge in [0, 0.05) is 24.1 Å². The fourth-order valence-corrected chi connectivity index (χ4v) is 3.27. The first kappa shape index (κ1) is 14.3. The van der Waals surface area contributed by atoms with E-state index in [0.717, 1.165) is 40.5 Å². The van der Waals surface area contributed by atoms with E-state index in [2.05, 4.69) is 21.0 Å². The number of ether oxygens (including phenoxy) is 2. The maximum Gasteiger partial charge on any atom is 0.150 e. The quantitative estimate of drug-likeness (QED) is 0.820. The summed E-state index contributed by atoms with van der Waals surface area (Å²) in [4.78, 5) is 0. The zero-order chi connectivity index (χ0) is 14.1. The van der Waals surface area contributed by atoms with E-state index < -0.39 is 0 Å². The predicted molar refractivity (Wildman–Crippen MR) is 82.0 cm³/mol. The molecule has 6 heteroatoms. The number of halogens is 2. The molecule has 0 spiro atoms. The Hall–Kier alpha value is -0.620. The smallest absolute Gasteiger partial charge is 0.150 e. The molecule has 0 saturated carbocycles. The lowest BCUT2D eigenvalue weighted by atomic mass is 10.1. The molecule has 20 heavy (non-hydrogen) atoms. The molecule has 1 aliphatic heterocycles. The van der Waals surface area contributed by atoms with Gasteiger partial charge in [0.2, 0.25) is 0 Å². The predicted octanol–water partition coefficient (Wildman–Crippen LogP) is 4.30. The molecule has 0 N–H and O–H groups in total. The van der Waals surface area contributed by atoms with Crippen LogP contribution in [0.3, 0.4) is 0 Å². The number of benzene rings is 1. The molecule has 2 heterocycles. The normalized spacial score (nSPS) is 19.6. The SMILES string of the molecule is COCc1cc2c(Br)nn(C3CCCCO3)c2cc1Cl. The van der Waals surface area contributed by atoms with E-state index >= 15 is 0 Å². The van der Waals surface area contributed by atoms with E-state index in [0.29, 0.717) is 11.6 Å². The van der Waals surface area contributed by atoms with Crippen molar-refractivity contribution in [1.82, 2.24) is 9.78 Å². The van der Waals surface area contributed by atoms with Crippen LogP contribution in [0, 0.1) is 0 Å². The Morgan fingerprint density at radius 1 is 1.50 bits per heavy atom. The Kier molecular flexibility index (Phi) is 4.31. The van der Waals surface area contributed by atoms with Crippen molar-refractivity contribution in [1.29, 1.82) is 0 Å². The van der Waals surface area contributed by atoms with Crippen LogP contribution in [0.2, 0.25) is 5.02 Å². The second-order valence-corrected chi connectivity index (χ2v) is 6.11. The fraction of sp³-hybridized carbons (Fsp3) is 0.500. The van der Waals surface area contributed by atoms with Crippen molar-refractivity contribution in [2.24, 2.45) is 0 Å². The van der Waals surface area contributed by atoms with Gasteiger partial charge in [-0.1, -0.05) is 11.6 Å². The molecule has 1 aromatic carbocycles. The Balaban J connectivity index is 2.08. The number of hydrogen-bond donors (Lipinski definition) is 0. The van der Waals surface area contributed by atoms with Crippen LogP contribution in [0.25, 0.3) is 10.9 Å². The Bertz CT molecular complexity index is 623. The first-order valence-electron chi connectivity index (χ1n) is 6.67. The Morgan fingerprint density at radius 2 is 2.35 bits per heavy atom. The number of fused-ring (bicyclic) bond motifs is 1. The summed E-state index contributed by atoms with van der Waals surface area (Å²) in [7, 11) is 1.66. The van der Waals surface area contributed by atoms with Gasteiger partial charge in [-0.25, -0.2) is 4.68 Å². The van der Waals surface area contributed by atoms with E-state index in [-0.39, 0.29) is 6.23 Å². The number of aromatic nitrogens is 2. The number of nitrogens with zero attached hydrogens (tertiary/aromatic N) is 2. The molecular formula is C14H16BrClN2O2. The molecule has 1 saturated heterocycles. The van der Waals surface area contributed by atoms with Crippen molar-refractivity contribution in [2.45, 2.75) is 32.1 Å². The van der Waals surface area contributed by atoms with Gasteiger partial charge < -0.3 is 9.47 Å². The highest BCUT2D eigenvalue weighted by Crippen LogP contribution is 2.33. The third kappa shape index (κ3) is 2.60. The lowest BCUT2D eigenvalue weighted by Gasteiger charge is -2.23. The molecule has 1 unspecified atom stereocenters. The maximum atomic E-state index is 6.32. The zero-order valence-electron chi connectivity index (χ0n) is 11.2. The van der Waals surface area contributed by atoms with Gasteiger partial charge in [0.05, 0.1) is 12.1 Å². The highest BCUT2D eigenvalue weighted by molar-refractivity contribution is 9.10. The summed E-state index contributed by atoms with van der Waals surface area (Å²) in [6, 6.07) is 3.97. The summed E-state index contributed by atoms with van der Waals surface area (Å²) in [5, 5.41) is 6.30. The standard InChI is InChI=1S/C14H16BrClN2O2/c1-19-8-9-6-10-12(7-11(9)16)18(17-14(10)15)13-4-2-3-5-20-13/h6-7,13H,2-5,8H2,1H3. The van der Waals surface area contributed by atoms with E-state index in [1.807, 2.05) is 16.8 Å². The second kappa shape index (κ2) is 6.02. The van der Waals surface area contributed by atoms with Crippen LogP contribution in [0.15, 0.2) is 16.7 Å². The molecular weight excluding hydrogens is 344 g/mol. The van der Waals surface area contributed by atoms with Crippen LogP contribution >= 0.6 is 27.5 Å². The summed E-state index contributed by atoms with van der Waals surface area (Å²) in [6.07, 6.45) is 3.27. The molecule has 0 radical (unpaired) electrons. The summed E-state index contributed by atoms with van der Waals surface area (Å²) in [5.74, 6) is 0. The minimum absolute atomic E-state index is 0.00175. The molecule has 1 fully saturated rings. The van der Waals surface area contributed by atoms with Gasteiger partial charge in [0.25, 0.3) is 0 Å². The van der Waals surface area contributed by atoms with Gasteiger partial charge in [-0.3, -0.25) is 0 Å². The molecule has 1 aromatic heterocycles. The highest BCUT2D eigenvalue weighted by Gasteiger charge is 2.21. The average Bonchev–Trinajstić information content (AvgIpc) is 2.77. The number of hydrogen-bond acceptors (Lipinski definition) is 3. The molecule has 0 amide bonds. The number of methoxy groups -OCH3 is 1. The molecule has 0 aliphatic carbocycles. The first-order chi connectivity index (χ1) is 9.70. The van der Waals surface area contributed by atoms with Gasteiger partial charge in [0.15, 0.2) is 6.23 Å². The molecule has 1 aliphatic rings. The molecule has 2 aromatic rings. The maximum absolute atomic E-state index is 6.32. The first-order valence-corrected chi connectivity index (χ1v) is 7.84. The topological polar surface area (TPSA) is 36.3 Å². The summed E-state index contributed by atoms with van der Waals surface area (Å²) >= 11 is 9.85. The van der Waals surface area contributed by atoms with Gasteiger partial charge in [-0.05, 0) is 52.9 Å². The molecule has 0 bridgehead atoms. The fourth-order valence-electron chi connectivity index (χ4n) is 2.57. The van der Waals surface area contributed by atoms with Gasteiger partial charge >= 0.3 is 0 Å². The summed E-state index contributed by atoms with van der Waals surface area (Å²) in [5.41, 5.74) is 1.96. The van der Waals surface area contributed by atoms with Crippen molar-refractivity contribution in [3.8, 4) is 0 Å². The van der Waals surface area contributed by atoms with Gasteiger partial charge in [0.1, 0.15) is 4.60 Å². The van der Waals surface area contributed by atoms with Crippen molar-refractivity contribution in [3.63, 3.8) is 0 Å². The lowest BCUT2D eigenvalue weighted by Crippen LogP contribution is -2.19. The minimum atomic E-state index is 0.00175. The van der Waals surface area contributed by atoms with E-state index in [4.69, 9.17) is 21.1 Å². The molecule has 1 atom stereocenters.